The summed E-state index contributed by atoms with van der Waals surface area (Å²) in [6.07, 6.45) is 1.73. The fourth-order valence-corrected chi connectivity index (χ4v) is 2.44. The van der Waals surface area contributed by atoms with Gasteiger partial charge in [0, 0.05) is 7.05 Å². The number of nitrogens with one attached hydrogen (secondary N) is 1. The second kappa shape index (κ2) is 6.80. The van der Waals surface area contributed by atoms with Crippen LogP contribution in [0.3, 0.4) is 0 Å². The minimum absolute atomic E-state index is 0.161. The van der Waals surface area contributed by atoms with E-state index in [1.165, 1.54) is 17.0 Å². The molecule has 0 spiro atoms. The molecule has 1 aliphatic heterocycles. The number of thiocarbonyl (C=S) groups is 1. The minimum Gasteiger partial charge on any atom is -0.489 e. The molecule has 122 valence electrons. The number of rotatable bonds is 4. The Morgan fingerprint density at radius 3 is 2.62 bits per heavy atom. The highest BCUT2D eigenvalue weighted by atomic mass is 32.1. The van der Waals surface area contributed by atoms with Crippen molar-refractivity contribution in [3.05, 3.63) is 71.2 Å². The smallest absolute Gasteiger partial charge is 0.276 e. The summed E-state index contributed by atoms with van der Waals surface area (Å²) in [5.41, 5.74) is 2.05. The number of hydrogen-bond acceptors (Lipinski definition) is 3. The minimum atomic E-state index is -0.283. The summed E-state index contributed by atoms with van der Waals surface area (Å²) in [5, 5.41) is 3.26. The first kappa shape index (κ1) is 16.1. The highest BCUT2D eigenvalue weighted by Crippen LogP contribution is 2.18. The van der Waals surface area contributed by atoms with Crippen LogP contribution in [0.15, 0.2) is 54.2 Å². The van der Waals surface area contributed by atoms with Gasteiger partial charge in [-0.25, -0.2) is 4.39 Å². The number of carbonyl (C=O) groups is 1. The zero-order chi connectivity index (χ0) is 17.1. The van der Waals surface area contributed by atoms with Gasteiger partial charge in [0.2, 0.25) is 0 Å². The number of likely N-dealkylation sites (N-methyl/N-ethyl adjacent to an activating group) is 1. The van der Waals surface area contributed by atoms with Crippen LogP contribution in [0.2, 0.25) is 0 Å². The Bertz CT molecular complexity index is 818. The van der Waals surface area contributed by atoms with Crippen molar-refractivity contribution in [2.75, 3.05) is 7.05 Å². The predicted molar refractivity (Wildman–Crippen MR) is 93.7 cm³/mol. The first-order valence-corrected chi connectivity index (χ1v) is 7.72. The van der Waals surface area contributed by atoms with Crippen LogP contribution in [-0.4, -0.2) is 23.0 Å². The van der Waals surface area contributed by atoms with Gasteiger partial charge in [-0.2, -0.15) is 0 Å². The van der Waals surface area contributed by atoms with Crippen molar-refractivity contribution in [2.24, 2.45) is 0 Å². The number of halogens is 1. The number of carbonyl (C=O) groups excluding carboxylic acids is 1. The van der Waals surface area contributed by atoms with Gasteiger partial charge in [0.1, 0.15) is 23.9 Å². The molecule has 1 amide bonds. The molecule has 3 rings (SSSR count). The molecule has 0 radical (unpaired) electrons. The molecular formula is C18H15FN2O2S. The van der Waals surface area contributed by atoms with Crippen molar-refractivity contribution in [1.29, 1.82) is 0 Å². The van der Waals surface area contributed by atoms with E-state index in [9.17, 15) is 9.18 Å². The van der Waals surface area contributed by atoms with Gasteiger partial charge in [0.05, 0.1) is 0 Å². The van der Waals surface area contributed by atoms with Gasteiger partial charge < -0.3 is 10.1 Å². The molecule has 1 fully saturated rings. The van der Waals surface area contributed by atoms with Crippen LogP contribution >= 0.6 is 12.2 Å². The van der Waals surface area contributed by atoms with Crippen LogP contribution in [0.5, 0.6) is 5.75 Å². The summed E-state index contributed by atoms with van der Waals surface area (Å²) in [7, 11) is 1.63. The van der Waals surface area contributed by atoms with Crippen molar-refractivity contribution < 1.29 is 13.9 Å². The number of benzene rings is 2. The Morgan fingerprint density at radius 2 is 2.00 bits per heavy atom. The quantitative estimate of drug-likeness (QED) is 0.685. The summed E-state index contributed by atoms with van der Waals surface area (Å²) >= 11 is 5.03. The monoisotopic (exact) mass is 342 g/mol. The van der Waals surface area contributed by atoms with Crippen molar-refractivity contribution in [3.63, 3.8) is 0 Å². The first-order valence-electron chi connectivity index (χ1n) is 7.31. The molecule has 0 aromatic heterocycles. The topological polar surface area (TPSA) is 41.6 Å². The van der Waals surface area contributed by atoms with Gasteiger partial charge >= 0.3 is 0 Å². The Morgan fingerprint density at radius 1 is 1.25 bits per heavy atom. The third-order valence-electron chi connectivity index (χ3n) is 3.57. The first-order chi connectivity index (χ1) is 11.5. The fraction of sp³-hybridized carbons (Fsp3) is 0.111. The molecule has 2 aromatic rings. The molecule has 0 saturated carbocycles. The van der Waals surface area contributed by atoms with Crippen LogP contribution < -0.4 is 10.1 Å². The Balaban J connectivity index is 1.65. The molecule has 6 heteroatoms. The zero-order valence-corrected chi connectivity index (χ0v) is 13.8. The SMILES string of the molecule is CN1C(=O)C(=Cc2ccc(OCc3cccc(F)c3)cc2)NC1=S. The van der Waals surface area contributed by atoms with Crippen LogP contribution in [0.25, 0.3) is 6.08 Å². The predicted octanol–water partition coefficient (Wildman–Crippen LogP) is 3.09. The Kier molecular flexibility index (Phi) is 4.57. The van der Waals surface area contributed by atoms with Crippen molar-refractivity contribution in [2.45, 2.75) is 6.61 Å². The van der Waals surface area contributed by atoms with E-state index in [1.54, 1.807) is 37.4 Å². The van der Waals surface area contributed by atoms with Gasteiger partial charge in [-0.05, 0) is 53.7 Å². The average Bonchev–Trinajstić information content (AvgIpc) is 2.81. The van der Waals surface area contributed by atoms with Gasteiger partial charge in [-0.3, -0.25) is 9.69 Å². The summed E-state index contributed by atoms with van der Waals surface area (Å²) in [6, 6.07) is 13.6. The van der Waals surface area contributed by atoms with E-state index >= 15 is 0 Å². The molecule has 0 bridgehead atoms. The maximum absolute atomic E-state index is 13.1. The third-order valence-corrected chi connectivity index (χ3v) is 3.94. The van der Waals surface area contributed by atoms with Crippen LogP contribution in [-0.2, 0) is 11.4 Å². The van der Waals surface area contributed by atoms with E-state index in [0.29, 0.717) is 16.6 Å². The normalized spacial score (nSPS) is 15.8. The van der Waals surface area contributed by atoms with Crippen LogP contribution in [0.4, 0.5) is 4.39 Å². The number of hydrogen-bond donors (Lipinski definition) is 1. The van der Waals surface area contributed by atoms with E-state index in [4.69, 9.17) is 17.0 Å². The van der Waals surface area contributed by atoms with E-state index in [2.05, 4.69) is 5.32 Å². The lowest BCUT2D eigenvalue weighted by molar-refractivity contribution is -0.121. The highest BCUT2D eigenvalue weighted by molar-refractivity contribution is 7.80. The molecule has 0 unspecified atom stereocenters. The average molecular weight is 342 g/mol. The number of ether oxygens (including phenoxy) is 1. The van der Waals surface area contributed by atoms with Gasteiger partial charge in [-0.1, -0.05) is 24.3 Å². The Labute approximate surface area is 144 Å². The third kappa shape index (κ3) is 3.60. The summed E-state index contributed by atoms with van der Waals surface area (Å²) in [4.78, 5) is 13.3. The van der Waals surface area contributed by atoms with Crippen molar-refractivity contribution in [3.8, 4) is 5.75 Å². The lowest BCUT2D eigenvalue weighted by atomic mass is 10.2. The molecule has 24 heavy (non-hydrogen) atoms. The molecule has 1 saturated heterocycles. The van der Waals surface area contributed by atoms with E-state index in [0.717, 1.165) is 11.1 Å². The van der Waals surface area contributed by atoms with Crippen LogP contribution in [0, 0.1) is 5.82 Å². The molecular weight excluding hydrogens is 327 g/mol. The Hall–Kier alpha value is -2.73. The molecule has 1 heterocycles. The molecule has 0 atom stereocenters. The fourth-order valence-electron chi connectivity index (χ4n) is 2.24. The van der Waals surface area contributed by atoms with Crippen LogP contribution in [0.1, 0.15) is 11.1 Å². The molecule has 4 nitrogen and oxygen atoms in total. The van der Waals surface area contributed by atoms with E-state index < -0.39 is 0 Å². The number of amides is 1. The maximum atomic E-state index is 13.1. The van der Waals surface area contributed by atoms with Crippen molar-refractivity contribution in [1.82, 2.24) is 10.2 Å². The summed E-state index contributed by atoms with van der Waals surface area (Å²) < 4.78 is 18.7. The number of nitrogens with zero attached hydrogens (tertiary/aromatic N) is 1. The molecule has 1 aliphatic rings. The molecule has 1 N–H and O–H groups in total. The lowest BCUT2D eigenvalue weighted by Crippen LogP contribution is -2.25. The summed E-state index contributed by atoms with van der Waals surface area (Å²) in [6.45, 7) is 0.289. The largest absolute Gasteiger partial charge is 0.489 e. The van der Waals surface area contributed by atoms with E-state index in [-0.39, 0.29) is 18.3 Å². The lowest BCUT2D eigenvalue weighted by Gasteiger charge is -2.07. The van der Waals surface area contributed by atoms with Gasteiger partial charge in [0.15, 0.2) is 5.11 Å². The van der Waals surface area contributed by atoms with Gasteiger partial charge in [0.25, 0.3) is 5.91 Å². The van der Waals surface area contributed by atoms with Gasteiger partial charge in [-0.15, -0.1) is 0 Å². The standard InChI is InChI=1S/C18H15FN2O2S/c1-21-17(22)16(20-18(21)24)10-12-5-7-15(8-6-12)23-11-13-3-2-4-14(19)9-13/h2-10H,11H2,1H3,(H,20,24). The second-order valence-electron chi connectivity index (χ2n) is 5.34. The van der Waals surface area contributed by atoms with Crippen molar-refractivity contribution >= 4 is 29.3 Å². The second-order valence-corrected chi connectivity index (χ2v) is 5.73. The highest BCUT2D eigenvalue weighted by Gasteiger charge is 2.26. The molecule has 0 aliphatic carbocycles. The van der Waals surface area contributed by atoms with E-state index in [1.807, 2.05) is 12.1 Å². The maximum Gasteiger partial charge on any atom is 0.276 e. The summed E-state index contributed by atoms with van der Waals surface area (Å²) in [5.74, 6) is 0.223. The zero-order valence-electron chi connectivity index (χ0n) is 13.0. The molecule has 2 aromatic carbocycles.